The molecule has 0 saturated heterocycles. The topological polar surface area (TPSA) is 63.6 Å². The lowest BCUT2D eigenvalue weighted by molar-refractivity contribution is 0.363. The van der Waals surface area contributed by atoms with Gasteiger partial charge in [0.25, 0.3) is 5.56 Å². The lowest BCUT2D eigenvalue weighted by Gasteiger charge is -2.19. The van der Waals surface area contributed by atoms with Crippen LogP contribution < -0.4 is 5.56 Å². The summed E-state index contributed by atoms with van der Waals surface area (Å²) in [5, 5.41) is 5.83. The molecule has 6 heteroatoms. The highest BCUT2D eigenvalue weighted by molar-refractivity contribution is 6.31. The summed E-state index contributed by atoms with van der Waals surface area (Å²) < 4.78 is 1.80. The van der Waals surface area contributed by atoms with E-state index in [-0.39, 0.29) is 11.1 Å². The number of nitrogens with zero attached hydrogens (tertiary/aromatic N) is 3. The molecule has 114 valence electrons. The zero-order valence-electron chi connectivity index (χ0n) is 12.7. The molecule has 5 nitrogen and oxygen atoms in total. The van der Waals surface area contributed by atoms with Gasteiger partial charge in [0.2, 0.25) is 0 Å². The molecule has 0 aliphatic heterocycles. The van der Waals surface area contributed by atoms with Crippen LogP contribution in [0.3, 0.4) is 0 Å². The molecule has 0 aliphatic rings. The monoisotopic (exact) mass is 316 g/mol. The SMILES string of the molecule is CC(C)(C)n1nc(Cc2ccccc2Cl)c2c(=O)[nH]cnc21. The molecule has 0 fully saturated rings. The molecule has 3 rings (SSSR count). The van der Waals surface area contributed by atoms with Crippen molar-refractivity contribution in [3.63, 3.8) is 0 Å². The van der Waals surface area contributed by atoms with E-state index in [1.807, 2.05) is 45.0 Å². The van der Waals surface area contributed by atoms with Gasteiger partial charge < -0.3 is 4.98 Å². The van der Waals surface area contributed by atoms with Gasteiger partial charge in [-0.25, -0.2) is 9.67 Å². The Bertz CT molecular complexity index is 889. The van der Waals surface area contributed by atoms with E-state index in [9.17, 15) is 4.79 Å². The maximum atomic E-state index is 12.2. The molecule has 0 atom stereocenters. The van der Waals surface area contributed by atoms with E-state index in [0.717, 1.165) is 5.56 Å². The van der Waals surface area contributed by atoms with Crippen molar-refractivity contribution < 1.29 is 0 Å². The van der Waals surface area contributed by atoms with Crippen LogP contribution in [0.25, 0.3) is 11.0 Å². The number of benzene rings is 1. The van der Waals surface area contributed by atoms with Crippen LogP contribution in [0.4, 0.5) is 0 Å². The van der Waals surface area contributed by atoms with Gasteiger partial charge in [0, 0.05) is 11.4 Å². The molecule has 1 N–H and O–H groups in total. The minimum atomic E-state index is -0.266. The Hall–Kier alpha value is -2.14. The standard InChI is InChI=1S/C16H17ClN4O/c1-16(2,3)21-14-13(15(22)19-9-18-14)12(20-21)8-10-6-4-5-7-11(10)17/h4-7,9H,8H2,1-3H3,(H,18,19,22). The molecule has 1 aromatic carbocycles. The van der Waals surface area contributed by atoms with Gasteiger partial charge in [-0.05, 0) is 32.4 Å². The zero-order valence-corrected chi connectivity index (χ0v) is 13.5. The van der Waals surface area contributed by atoms with Crippen molar-refractivity contribution in [2.24, 2.45) is 0 Å². The van der Waals surface area contributed by atoms with Gasteiger partial charge >= 0.3 is 0 Å². The largest absolute Gasteiger partial charge is 0.312 e. The van der Waals surface area contributed by atoms with Crippen molar-refractivity contribution in [1.82, 2.24) is 19.7 Å². The summed E-state index contributed by atoms with van der Waals surface area (Å²) in [4.78, 5) is 19.2. The minimum Gasteiger partial charge on any atom is -0.312 e. The number of H-pyrrole nitrogens is 1. The molecule has 0 aliphatic carbocycles. The highest BCUT2D eigenvalue weighted by atomic mass is 35.5. The summed E-state index contributed by atoms with van der Waals surface area (Å²) in [6.07, 6.45) is 1.90. The van der Waals surface area contributed by atoms with E-state index < -0.39 is 0 Å². The van der Waals surface area contributed by atoms with Gasteiger partial charge in [-0.1, -0.05) is 29.8 Å². The van der Waals surface area contributed by atoms with E-state index in [1.54, 1.807) is 4.68 Å². The normalized spacial score (nSPS) is 12.0. The second kappa shape index (κ2) is 5.25. The van der Waals surface area contributed by atoms with Crippen molar-refractivity contribution in [3.05, 3.63) is 57.2 Å². The molecule has 0 saturated carbocycles. The molecular weight excluding hydrogens is 300 g/mol. The fourth-order valence-electron chi connectivity index (χ4n) is 2.44. The fraction of sp³-hybridized carbons (Fsp3) is 0.312. The molecule has 22 heavy (non-hydrogen) atoms. The first-order valence-corrected chi connectivity index (χ1v) is 7.45. The van der Waals surface area contributed by atoms with E-state index in [2.05, 4.69) is 15.1 Å². The third-order valence-corrected chi connectivity index (χ3v) is 3.86. The Kier molecular flexibility index (Phi) is 3.53. The average molecular weight is 317 g/mol. The number of hydrogen-bond donors (Lipinski definition) is 1. The Balaban J connectivity index is 2.22. The van der Waals surface area contributed by atoms with Crippen LogP contribution in [0.15, 0.2) is 35.4 Å². The molecule has 0 radical (unpaired) electrons. The summed E-state index contributed by atoms with van der Waals surface area (Å²) in [5.41, 5.74) is 1.78. The molecule has 2 heterocycles. The third-order valence-electron chi connectivity index (χ3n) is 3.49. The van der Waals surface area contributed by atoms with Crippen LogP contribution in [0.5, 0.6) is 0 Å². The molecular formula is C16H17ClN4O. The van der Waals surface area contributed by atoms with Crippen LogP contribution in [0, 0.1) is 0 Å². The predicted octanol–water partition coefficient (Wildman–Crippen LogP) is 3.12. The van der Waals surface area contributed by atoms with Crippen LogP contribution in [0.2, 0.25) is 5.02 Å². The second-order valence-corrected chi connectivity index (χ2v) is 6.63. The minimum absolute atomic E-state index is 0.178. The van der Waals surface area contributed by atoms with Crippen molar-refractivity contribution in [3.8, 4) is 0 Å². The molecule has 3 aromatic rings. The lowest BCUT2D eigenvalue weighted by atomic mass is 10.1. The molecule has 2 aromatic heterocycles. The first-order valence-electron chi connectivity index (χ1n) is 7.07. The van der Waals surface area contributed by atoms with Gasteiger partial charge in [0.15, 0.2) is 5.65 Å². The number of hydrogen-bond acceptors (Lipinski definition) is 3. The Morgan fingerprint density at radius 3 is 2.68 bits per heavy atom. The molecule has 0 amide bonds. The first kappa shape index (κ1) is 14.8. The van der Waals surface area contributed by atoms with Crippen LogP contribution in [-0.4, -0.2) is 19.7 Å². The second-order valence-electron chi connectivity index (χ2n) is 6.23. The van der Waals surface area contributed by atoms with E-state index in [1.165, 1.54) is 6.33 Å². The Labute approximate surface area is 133 Å². The highest BCUT2D eigenvalue weighted by Crippen LogP contribution is 2.24. The van der Waals surface area contributed by atoms with Crippen molar-refractivity contribution >= 4 is 22.6 Å². The quantitative estimate of drug-likeness (QED) is 0.790. The van der Waals surface area contributed by atoms with Gasteiger partial charge in [0.05, 0.1) is 17.6 Å². The maximum Gasteiger partial charge on any atom is 0.262 e. The molecule has 0 unspecified atom stereocenters. The van der Waals surface area contributed by atoms with E-state index in [4.69, 9.17) is 11.6 Å². The number of aromatic nitrogens is 4. The predicted molar refractivity (Wildman–Crippen MR) is 87.4 cm³/mol. The van der Waals surface area contributed by atoms with Crippen molar-refractivity contribution in [1.29, 1.82) is 0 Å². The zero-order chi connectivity index (χ0) is 15.9. The smallest absolute Gasteiger partial charge is 0.262 e. The maximum absolute atomic E-state index is 12.2. The number of aromatic amines is 1. The lowest BCUT2D eigenvalue weighted by Crippen LogP contribution is -2.24. The number of fused-ring (bicyclic) bond motifs is 1. The summed E-state index contributed by atoms with van der Waals surface area (Å²) in [6, 6.07) is 7.58. The number of halogens is 1. The summed E-state index contributed by atoms with van der Waals surface area (Å²) in [5.74, 6) is 0. The Morgan fingerprint density at radius 1 is 1.27 bits per heavy atom. The van der Waals surface area contributed by atoms with E-state index >= 15 is 0 Å². The van der Waals surface area contributed by atoms with Crippen LogP contribution in [-0.2, 0) is 12.0 Å². The van der Waals surface area contributed by atoms with Crippen LogP contribution in [0.1, 0.15) is 32.0 Å². The van der Waals surface area contributed by atoms with Gasteiger partial charge in [0.1, 0.15) is 5.39 Å². The van der Waals surface area contributed by atoms with Crippen molar-refractivity contribution in [2.75, 3.05) is 0 Å². The summed E-state index contributed by atoms with van der Waals surface area (Å²) in [7, 11) is 0. The highest BCUT2D eigenvalue weighted by Gasteiger charge is 2.23. The molecule has 0 spiro atoms. The summed E-state index contributed by atoms with van der Waals surface area (Å²) >= 11 is 6.23. The summed E-state index contributed by atoms with van der Waals surface area (Å²) in [6.45, 7) is 6.09. The van der Waals surface area contributed by atoms with Gasteiger partial charge in [-0.2, -0.15) is 5.10 Å². The third kappa shape index (κ3) is 2.52. The number of rotatable bonds is 2. The fourth-order valence-corrected chi connectivity index (χ4v) is 2.65. The van der Waals surface area contributed by atoms with Gasteiger partial charge in [-0.3, -0.25) is 4.79 Å². The van der Waals surface area contributed by atoms with Crippen molar-refractivity contribution in [2.45, 2.75) is 32.7 Å². The van der Waals surface area contributed by atoms with Gasteiger partial charge in [-0.15, -0.1) is 0 Å². The van der Waals surface area contributed by atoms with E-state index in [0.29, 0.717) is 28.2 Å². The molecule has 0 bridgehead atoms. The average Bonchev–Trinajstić information content (AvgIpc) is 2.82. The Morgan fingerprint density at radius 2 is 2.00 bits per heavy atom. The number of nitrogens with one attached hydrogen (secondary N) is 1. The first-order chi connectivity index (χ1) is 10.4. The van der Waals surface area contributed by atoms with Crippen LogP contribution >= 0.6 is 11.6 Å².